The predicted molar refractivity (Wildman–Crippen MR) is 60.0 cm³/mol. The topological polar surface area (TPSA) is 27.0 Å². The molecule has 2 nitrogen and oxygen atoms in total. The zero-order valence-corrected chi connectivity index (χ0v) is 8.57. The smallest absolute Gasteiger partial charge is 0.105 e. The van der Waals surface area contributed by atoms with Crippen molar-refractivity contribution in [1.82, 2.24) is 0 Å². The highest BCUT2D eigenvalue weighted by Gasteiger charge is 2.02. The first-order valence-corrected chi connectivity index (χ1v) is 4.59. The van der Waals surface area contributed by atoms with Crippen molar-refractivity contribution in [3.63, 3.8) is 0 Å². The summed E-state index contributed by atoms with van der Waals surface area (Å²) in [5.74, 6) is 0. The minimum atomic E-state index is 0.411. The van der Waals surface area contributed by atoms with Crippen molar-refractivity contribution >= 4 is 11.8 Å². The molecule has 0 aliphatic rings. The van der Waals surface area contributed by atoms with E-state index >= 15 is 0 Å². The molecule has 0 atom stereocenters. The van der Waals surface area contributed by atoms with Gasteiger partial charge in [-0.3, -0.25) is 0 Å². The molecule has 0 heterocycles. The van der Waals surface area contributed by atoms with Crippen LogP contribution in [-0.4, -0.2) is 13.6 Å². The fourth-order valence-electron chi connectivity index (χ4n) is 1.35. The second kappa shape index (κ2) is 5.08. The Morgan fingerprint density at radius 1 is 1.43 bits per heavy atom. The Morgan fingerprint density at radius 2 is 2.14 bits per heavy atom. The lowest BCUT2D eigenvalue weighted by Crippen LogP contribution is -2.17. The quantitative estimate of drug-likeness (QED) is 0.678. The summed E-state index contributed by atoms with van der Waals surface area (Å²) in [6, 6.07) is 10.2. The van der Waals surface area contributed by atoms with Gasteiger partial charge in [0.25, 0.3) is 0 Å². The predicted octanol–water partition coefficient (Wildman–Crippen LogP) is 2.68. The molecule has 0 radical (unpaired) electrons. The van der Waals surface area contributed by atoms with E-state index in [1.54, 1.807) is 0 Å². The molecule has 0 unspecified atom stereocenters. The summed E-state index contributed by atoms with van der Waals surface area (Å²) in [5.41, 5.74) is 2.24. The summed E-state index contributed by atoms with van der Waals surface area (Å²) < 4.78 is 0. The van der Waals surface area contributed by atoms with Crippen LogP contribution >= 0.6 is 0 Å². The van der Waals surface area contributed by atoms with Crippen LogP contribution in [0.15, 0.2) is 30.3 Å². The highest BCUT2D eigenvalue weighted by atomic mass is 15.1. The van der Waals surface area contributed by atoms with Gasteiger partial charge in [-0.25, -0.2) is 0 Å². The maximum atomic E-state index is 8.61. The van der Waals surface area contributed by atoms with Crippen LogP contribution in [0.3, 0.4) is 0 Å². The van der Waals surface area contributed by atoms with Gasteiger partial charge in [0, 0.05) is 12.7 Å². The monoisotopic (exact) mass is 186 g/mol. The fraction of sp³-hybridized carbons (Fsp3) is 0.250. The molecule has 0 aliphatic carbocycles. The maximum absolute atomic E-state index is 8.61. The lowest BCUT2D eigenvalue weighted by atomic mass is 10.1. The molecule has 0 spiro atoms. The van der Waals surface area contributed by atoms with Crippen molar-refractivity contribution in [3.8, 4) is 6.07 Å². The summed E-state index contributed by atoms with van der Waals surface area (Å²) in [5, 5.41) is 8.61. The van der Waals surface area contributed by atoms with Crippen LogP contribution in [0, 0.1) is 11.3 Å². The van der Waals surface area contributed by atoms with Gasteiger partial charge < -0.3 is 4.90 Å². The molecule has 72 valence electrons. The number of nitriles is 1. The molecule has 0 saturated heterocycles. The van der Waals surface area contributed by atoms with Crippen LogP contribution < -0.4 is 4.90 Å². The minimum Gasteiger partial charge on any atom is -0.361 e. The Balaban J connectivity index is 3.01. The van der Waals surface area contributed by atoms with Crippen molar-refractivity contribution in [2.75, 3.05) is 18.5 Å². The van der Waals surface area contributed by atoms with Gasteiger partial charge in [-0.15, -0.1) is 0 Å². The number of rotatable bonds is 3. The normalized spacial score (nSPS) is 10.1. The van der Waals surface area contributed by atoms with Crippen molar-refractivity contribution in [2.45, 2.75) is 6.92 Å². The van der Waals surface area contributed by atoms with E-state index in [4.69, 9.17) is 5.26 Å². The second-order valence-corrected chi connectivity index (χ2v) is 3.07. The van der Waals surface area contributed by atoms with Gasteiger partial charge in [-0.1, -0.05) is 30.4 Å². The highest BCUT2D eigenvalue weighted by molar-refractivity contribution is 5.67. The Bertz CT molecular complexity index is 361. The lowest BCUT2D eigenvalue weighted by molar-refractivity contribution is 1.03. The molecule has 0 saturated carbocycles. The van der Waals surface area contributed by atoms with E-state index in [1.165, 1.54) is 0 Å². The summed E-state index contributed by atoms with van der Waals surface area (Å²) >= 11 is 0. The summed E-state index contributed by atoms with van der Waals surface area (Å²) in [7, 11) is 1.92. The molecular formula is C12H14N2. The van der Waals surface area contributed by atoms with E-state index in [9.17, 15) is 0 Å². The van der Waals surface area contributed by atoms with Crippen molar-refractivity contribution in [2.24, 2.45) is 0 Å². The molecule has 0 amide bonds. The number of hydrogen-bond donors (Lipinski definition) is 0. The maximum Gasteiger partial charge on any atom is 0.105 e. The summed E-state index contributed by atoms with van der Waals surface area (Å²) in [6.45, 7) is 2.40. The van der Waals surface area contributed by atoms with Gasteiger partial charge in [-0.05, 0) is 18.6 Å². The lowest BCUT2D eigenvalue weighted by Gasteiger charge is -2.17. The first-order valence-electron chi connectivity index (χ1n) is 4.59. The average molecular weight is 186 g/mol. The average Bonchev–Trinajstić information content (AvgIpc) is 2.19. The van der Waals surface area contributed by atoms with E-state index in [1.807, 2.05) is 55.3 Å². The van der Waals surface area contributed by atoms with Crippen LogP contribution in [0.25, 0.3) is 6.08 Å². The molecule has 2 heteroatoms. The Labute approximate surface area is 85.1 Å². The number of allylic oxidation sites excluding steroid dienone is 1. The number of anilines is 1. The Morgan fingerprint density at radius 3 is 2.79 bits per heavy atom. The SMILES string of the molecule is C/C=C/c1ccccc1N(C)CC#N. The first kappa shape index (κ1) is 10.3. The van der Waals surface area contributed by atoms with Crippen LogP contribution in [0.5, 0.6) is 0 Å². The van der Waals surface area contributed by atoms with E-state index < -0.39 is 0 Å². The van der Waals surface area contributed by atoms with Crippen LogP contribution in [0.4, 0.5) is 5.69 Å². The van der Waals surface area contributed by atoms with Crippen LogP contribution in [0.2, 0.25) is 0 Å². The Kier molecular flexibility index (Phi) is 3.75. The molecular weight excluding hydrogens is 172 g/mol. The van der Waals surface area contributed by atoms with Gasteiger partial charge in [-0.2, -0.15) is 5.26 Å². The van der Waals surface area contributed by atoms with E-state index in [-0.39, 0.29) is 0 Å². The van der Waals surface area contributed by atoms with Crippen molar-refractivity contribution in [3.05, 3.63) is 35.9 Å². The van der Waals surface area contributed by atoms with Gasteiger partial charge in [0.2, 0.25) is 0 Å². The highest BCUT2D eigenvalue weighted by Crippen LogP contribution is 2.19. The van der Waals surface area contributed by atoms with Gasteiger partial charge in [0.1, 0.15) is 6.54 Å². The van der Waals surface area contributed by atoms with Crippen LogP contribution in [0.1, 0.15) is 12.5 Å². The minimum absolute atomic E-state index is 0.411. The van der Waals surface area contributed by atoms with Crippen molar-refractivity contribution in [1.29, 1.82) is 5.26 Å². The first-order chi connectivity index (χ1) is 6.79. The zero-order valence-electron chi connectivity index (χ0n) is 8.57. The number of nitrogens with zero attached hydrogens (tertiary/aromatic N) is 2. The zero-order chi connectivity index (χ0) is 10.4. The third-order valence-electron chi connectivity index (χ3n) is 2.00. The summed E-state index contributed by atoms with van der Waals surface area (Å²) in [6.07, 6.45) is 4.04. The molecule has 0 fully saturated rings. The Hall–Kier alpha value is -1.75. The van der Waals surface area contributed by atoms with E-state index in [0.29, 0.717) is 6.54 Å². The summed E-state index contributed by atoms with van der Waals surface area (Å²) in [4.78, 5) is 1.94. The molecule has 1 rings (SSSR count). The van der Waals surface area contributed by atoms with Crippen LogP contribution in [-0.2, 0) is 0 Å². The van der Waals surface area contributed by atoms with Gasteiger partial charge in [0.15, 0.2) is 0 Å². The van der Waals surface area contributed by atoms with Gasteiger partial charge >= 0.3 is 0 Å². The number of benzene rings is 1. The standard InChI is InChI=1S/C12H14N2/c1-3-6-11-7-4-5-8-12(11)14(2)10-9-13/h3-8H,10H2,1-2H3/b6-3+. The molecule has 0 bridgehead atoms. The largest absolute Gasteiger partial charge is 0.361 e. The van der Waals surface area contributed by atoms with Crippen molar-refractivity contribution < 1.29 is 0 Å². The molecule has 0 N–H and O–H groups in total. The third-order valence-corrected chi connectivity index (χ3v) is 2.00. The molecule has 1 aromatic carbocycles. The second-order valence-electron chi connectivity index (χ2n) is 3.07. The van der Waals surface area contributed by atoms with Gasteiger partial charge in [0.05, 0.1) is 6.07 Å². The number of para-hydroxylation sites is 1. The number of hydrogen-bond acceptors (Lipinski definition) is 2. The molecule has 0 aliphatic heterocycles. The fourth-order valence-corrected chi connectivity index (χ4v) is 1.35. The van der Waals surface area contributed by atoms with E-state index in [2.05, 4.69) is 6.07 Å². The van der Waals surface area contributed by atoms with E-state index in [0.717, 1.165) is 11.3 Å². The molecule has 14 heavy (non-hydrogen) atoms. The third kappa shape index (κ3) is 2.37. The molecule has 0 aromatic heterocycles. The molecule has 1 aromatic rings.